The van der Waals surface area contributed by atoms with Gasteiger partial charge in [-0.2, -0.15) is 0 Å². The van der Waals surface area contributed by atoms with E-state index in [1.807, 2.05) is 13.8 Å². The molecule has 1 aromatic heterocycles. The average molecular weight is 283 g/mol. The molecule has 0 radical (unpaired) electrons. The zero-order chi connectivity index (χ0) is 14.4. The second-order valence-electron chi connectivity index (χ2n) is 4.18. The molecular formula is C13H17NO4S. The fourth-order valence-electron chi connectivity index (χ4n) is 1.31. The molecule has 0 saturated carbocycles. The smallest absolute Gasteiger partial charge is 0.349 e. The summed E-state index contributed by atoms with van der Waals surface area (Å²) in [6.45, 7) is 7.57. The first-order valence-corrected chi connectivity index (χ1v) is 6.64. The minimum absolute atomic E-state index is 0.125. The zero-order valence-electron chi connectivity index (χ0n) is 10.9. The number of carbonyl (C=O) groups is 2. The van der Waals surface area contributed by atoms with E-state index in [2.05, 4.69) is 11.9 Å². The Bertz CT molecular complexity index is 479. The summed E-state index contributed by atoms with van der Waals surface area (Å²) in [6, 6.07) is 1.68. The molecule has 0 aliphatic carbocycles. The number of hydrogen-bond acceptors (Lipinski definition) is 4. The van der Waals surface area contributed by atoms with Crippen molar-refractivity contribution in [1.29, 1.82) is 0 Å². The number of amides is 1. The van der Waals surface area contributed by atoms with Crippen molar-refractivity contribution in [2.24, 2.45) is 0 Å². The summed E-state index contributed by atoms with van der Waals surface area (Å²) in [5, 5.41) is 11.6. The summed E-state index contributed by atoms with van der Waals surface area (Å²) in [4.78, 5) is 23.5. The van der Waals surface area contributed by atoms with Crippen LogP contribution in [-0.4, -0.2) is 30.1 Å². The van der Waals surface area contributed by atoms with Crippen molar-refractivity contribution in [2.75, 3.05) is 13.2 Å². The lowest BCUT2D eigenvalue weighted by atomic mass is 10.2. The van der Waals surface area contributed by atoms with Gasteiger partial charge in [-0.1, -0.05) is 19.9 Å². The van der Waals surface area contributed by atoms with Crippen LogP contribution in [0.4, 0.5) is 0 Å². The molecule has 0 aromatic carbocycles. The van der Waals surface area contributed by atoms with Gasteiger partial charge in [0.1, 0.15) is 5.75 Å². The van der Waals surface area contributed by atoms with Gasteiger partial charge in [0.15, 0.2) is 11.5 Å². The lowest BCUT2D eigenvalue weighted by Crippen LogP contribution is -2.28. The van der Waals surface area contributed by atoms with Gasteiger partial charge in [0.2, 0.25) is 0 Å². The number of rotatable bonds is 7. The maximum absolute atomic E-state index is 11.4. The van der Waals surface area contributed by atoms with Gasteiger partial charge in [-0.05, 0) is 12.0 Å². The molecule has 0 aliphatic heterocycles. The molecule has 6 heteroatoms. The van der Waals surface area contributed by atoms with Gasteiger partial charge >= 0.3 is 5.97 Å². The summed E-state index contributed by atoms with van der Waals surface area (Å²) in [5.41, 5.74) is 0. The summed E-state index contributed by atoms with van der Waals surface area (Å²) >= 11 is 1.17. The maximum Gasteiger partial charge on any atom is 0.349 e. The Morgan fingerprint density at radius 3 is 2.79 bits per heavy atom. The van der Waals surface area contributed by atoms with E-state index in [4.69, 9.17) is 9.84 Å². The number of hydrogen-bond donors (Lipinski definition) is 2. The van der Waals surface area contributed by atoms with Crippen LogP contribution in [0.3, 0.4) is 0 Å². The Balaban J connectivity index is 2.73. The van der Waals surface area contributed by atoms with Crippen LogP contribution in [-0.2, 0) is 4.79 Å². The van der Waals surface area contributed by atoms with Crippen molar-refractivity contribution in [3.63, 3.8) is 0 Å². The molecular weight excluding hydrogens is 266 g/mol. The molecule has 0 spiro atoms. The van der Waals surface area contributed by atoms with Gasteiger partial charge < -0.3 is 15.2 Å². The maximum atomic E-state index is 11.4. The van der Waals surface area contributed by atoms with Crippen LogP contribution in [0.5, 0.6) is 5.75 Å². The van der Waals surface area contributed by atoms with E-state index in [0.717, 1.165) is 4.88 Å². The number of nitrogens with one attached hydrogen (secondary N) is 1. The molecule has 2 N–H and O–H groups in total. The van der Waals surface area contributed by atoms with Gasteiger partial charge in [-0.3, -0.25) is 4.79 Å². The van der Waals surface area contributed by atoms with Gasteiger partial charge in [0.25, 0.3) is 5.91 Å². The molecule has 0 saturated heterocycles. The summed E-state index contributed by atoms with van der Waals surface area (Å²) < 4.78 is 5.27. The standard InChI is InChI=1S/C13H17NO4S/c1-4-5-14-11(15)7-18-9-6-10(8(2)3)19-12(9)13(16)17/h4,6,8H,1,5,7H2,2-3H3,(H,14,15)(H,16,17). The van der Waals surface area contributed by atoms with Gasteiger partial charge in [0.05, 0.1) is 0 Å². The minimum Gasteiger partial charge on any atom is -0.482 e. The quantitative estimate of drug-likeness (QED) is 0.753. The number of aromatic carboxylic acids is 1. The third-order valence-electron chi connectivity index (χ3n) is 2.28. The number of carbonyl (C=O) groups excluding carboxylic acids is 1. The third-order valence-corrected chi connectivity index (χ3v) is 3.69. The van der Waals surface area contributed by atoms with Crippen molar-refractivity contribution in [2.45, 2.75) is 19.8 Å². The fourth-order valence-corrected chi connectivity index (χ4v) is 2.26. The van der Waals surface area contributed by atoms with Crippen LogP contribution in [0, 0.1) is 0 Å². The first kappa shape index (κ1) is 15.2. The first-order chi connectivity index (χ1) is 8.95. The van der Waals surface area contributed by atoms with E-state index in [1.54, 1.807) is 12.1 Å². The average Bonchev–Trinajstić information content (AvgIpc) is 2.78. The minimum atomic E-state index is -1.04. The van der Waals surface area contributed by atoms with Gasteiger partial charge in [0, 0.05) is 11.4 Å². The molecule has 0 fully saturated rings. The molecule has 104 valence electrons. The topological polar surface area (TPSA) is 75.6 Å². The summed E-state index contributed by atoms with van der Waals surface area (Å²) in [7, 11) is 0. The second kappa shape index (κ2) is 6.94. The molecule has 0 atom stereocenters. The lowest BCUT2D eigenvalue weighted by molar-refractivity contribution is -0.122. The fraction of sp³-hybridized carbons (Fsp3) is 0.385. The number of thiophene rings is 1. The predicted octanol–water partition coefficient (Wildman–Crippen LogP) is 2.25. The van der Waals surface area contributed by atoms with E-state index in [9.17, 15) is 9.59 Å². The van der Waals surface area contributed by atoms with E-state index in [1.165, 1.54) is 11.3 Å². The van der Waals surface area contributed by atoms with Crippen LogP contribution < -0.4 is 10.1 Å². The lowest BCUT2D eigenvalue weighted by Gasteiger charge is -2.05. The normalized spacial score (nSPS) is 10.3. The first-order valence-electron chi connectivity index (χ1n) is 5.83. The Morgan fingerprint density at radius 2 is 2.26 bits per heavy atom. The van der Waals surface area contributed by atoms with Crippen molar-refractivity contribution in [3.8, 4) is 5.75 Å². The van der Waals surface area contributed by atoms with Crippen molar-refractivity contribution >= 4 is 23.2 Å². The SMILES string of the molecule is C=CCNC(=O)COc1cc(C(C)C)sc1C(=O)O. The highest BCUT2D eigenvalue weighted by atomic mass is 32.1. The van der Waals surface area contributed by atoms with Gasteiger partial charge in [-0.25, -0.2) is 4.79 Å². The number of carboxylic acids is 1. The van der Waals surface area contributed by atoms with Crippen molar-refractivity contribution < 1.29 is 19.4 Å². The van der Waals surface area contributed by atoms with Crippen molar-refractivity contribution in [1.82, 2.24) is 5.32 Å². The zero-order valence-corrected chi connectivity index (χ0v) is 11.8. The van der Waals surface area contributed by atoms with E-state index < -0.39 is 5.97 Å². The van der Waals surface area contributed by atoms with Crippen LogP contribution in [0.1, 0.15) is 34.3 Å². The molecule has 0 aliphatic rings. The highest BCUT2D eigenvalue weighted by Crippen LogP contribution is 2.33. The molecule has 1 heterocycles. The molecule has 5 nitrogen and oxygen atoms in total. The predicted molar refractivity (Wildman–Crippen MR) is 74.1 cm³/mol. The molecule has 1 aromatic rings. The van der Waals surface area contributed by atoms with E-state index in [-0.39, 0.29) is 29.1 Å². The molecule has 0 unspecified atom stereocenters. The summed E-state index contributed by atoms with van der Waals surface area (Å²) in [5.74, 6) is -0.892. The monoisotopic (exact) mass is 283 g/mol. The third kappa shape index (κ3) is 4.40. The highest BCUT2D eigenvalue weighted by molar-refractivity contribution is 7.14. The van der Waals surface area contributed by atoms with Gasteiger partial charge in [-0.15, -0.1) is 17.9 Å². The Kier molecular flexibility index (Phi) is 5.57. The van der Waals surface area contributed by atoms with Crippen LogP contribution in [0.25, 0.3) is 0 Å². The van der Waals surface area contributed by atoms with Crippen molar-refractivity contribution in [3.05, 3.63) is 28.5 Å². The Labute approximate surface area is 115 Å². The molecule has 1 amide bonds. The molecule has 0 bridgehead atoms. The van der Waals surface area contributed by atoms with E-state index >= 15 is 0 Å². The van der Waals surface area contributed by atoms with E-state index in [0.29, 0.717) is 6.54 Å². The Morgan fingerprint density at radius 1 is 1.58 bits per heavy atom. The number of carboxylic acid groups (broad SMARTS) is 1. The van der Waals surface area contributed by atoms with Crippen LogP contribution in [0.15, 0.2) is 18.7 Å². The molecule has 1 rings (SSSR count). The Hall–Kier alpha value is -1.82. The second-order valence-corrected chi connectivity index (χ2v) is 5.27. The largest absolute Gasteiger partial charge is 0.482 e. The molecule has 19 heavy (non-hydrogen) atoms. The summed E-state index contributed by atoms with van der Waals surface area (Å²) in [6.07, 6.45) is 1.56. The number of ether oxygens (including phenoxy) is 1. The van der Waals surface area contributed by atoms with Crippen LogP contribution >= 0.6 is 11.3 Å². The highest BCUT2D eigenvalue weighted by Gasteiger charge is 2.18. The van der Waals surface area contributed by atoms with Crippen LogP contribution in [0.2, 0.25) is 0 Å².